The molecule has 2 fully saturated rings. The summed E-state index contributed by atoms with van der Waals surface area (Å²) in [5.74, 6) is 2.34. The van der Waals surface area contributed by atoms with Gasteiger partial charge in [-0.25, -0.2) is 9.59 Å². The molecule has 0 radical (unpaired) electrons. The Morgan fingerprint density at radius 2 is 0.911 bits per heavy atom. The van der Waals surface area contributed by atoms with Crippen molar-refractivity contribution in [3.8, 4) is 33.6 Å². The van der Waals surface area contributed by atoms with E-state index < -0.39 is 0 Å². The van der Waals surface area contributed by atoms with Gasteiger partial charge in [0.1, 0.15) is 12.2 Å². The Labute approximate surface area is 331 Å². The van der Waals surface area contributed by atoms with Gasteiger partial charge in [0.05, 0.1) is 22.5 Å². The topological polar surface area (TPSA) is 84.2 Å². The molecule has 2 heterocycles. The number of carbonyl (C=O) groups is 2. The number of para-hydroxylation sites is 2. The molecule has 0 unspecified atom stereocenters. The Balaban J connectivity index is 1.13. The molecular formula is C50H56N2O4. The van der Waals surface area contributed by atoms with Crippen LogP contribution in [0.5, 0.6) is 0 Å². The van der Waals surface area contributed by atoms with Crippen molar-refractivity contribution in [3.63, 3.8) is 0 Å². The van der Waals surface area contributed by atoms with Crippen LogP contribution < -0.4 is 0 Å². The molecule has 2 aliphatic rings. The summed E-state index contributed by atoms with van der Waals surface area (Å²) in [7, 11) is 0. The summed E-state index contributed by atoms with van der Waals surface area (Å²) in [4.78, 5) is 34.6. The highest BCUT2D eigenvalue weighted by atomic mass is 16.5. The molecule has 0 spiro atoms. The molecule has 6 heteroatoms. The minimum Gasteiger partial charge on any atom is -0.458 e. The summed E-state index contributed by atoms with van der Waals surface area (Å²) >= 11 is 0. The lowest BCUT2D eigenvalue weighted by Crippen LogP contribution is -2.35. The highest BCUT2D eigenvalue weighted by Gasteiger charge is 2.35. The predicted octanol–water partition coefficient (Wildman–Crippen LogP) is 12.9. The maximum Gasteiger partial charge on any atom is 0.338 e. The van der Waals surface area contributed by atoms with E-state index >= 15 is 0 Å². The number of hydrogen-bond acceptors (Lipinski definition) is 4. The highest BCUT2D eigenvalue weighted by Crippen LogP contribution is 2.45. The summed E-state index contributed by atoms with van der Waals surface area (Å²) in [6.45, 7) is 13.5. The monoisotopic (exact) mass is 748 g/mol. The van der Waals surface area contributed by atoms with Gasteiger partial charge < -0.3 is 19.4 Å². The number of rotatable bonds is 9. The Morgan fingerprint density at radius 1 is 0.536 bits per heavy atom. The van der Waals surface area contributed by atoms with E-state index in [2.05, 4.69) is 87.9 Å². The normalized spacial score (nSPS) is 22.9. The van der Waals surface area contributed by atoms with Gasteiger partial charge >= 0.3 is 11.9 Å². The first-order chi connectivity index (χ1) is 27.0. The number of benzene rings is 4. The third-order valence-electron chi connectivity index (χ3n) is 12.9. The van der Waals surface area contributed by atoms with Crippen molar-refractivity contribution in [2.75, 3.05) is 0 Å². The molecule has 2 aromatic heterocycles. The first kappa shape index (κ1) is 37.8. The standard InChI is InChI=1S/C50H56N2O4/c1-29(2)37-25-15-31(5)27-43(37)55-49(53)35-21-17-33(18-22-35)45-39-11-7-9-13-41(39)51-47(45)48-46(40-12-8-10-14-42(40)52-48)34-19-23-36(24-20-34)50(54)56-44-28-32(6)16-26-38(44)30(3)4/h7-14,17-24,29-32,37-38,43-44,51-52H,15-16,25-28H2,1-6H3/t31-,32-,37+,38+,43-,44-/m1/s1. The fourth-order valence-electron chi connectivity index (χ4n) is 9.72. The first-order valence-corrected chi connectivity index (χ1v) is 20.9. The van der Waals surface area contributed by atoms with Crippen LogP contribution in [0.4, 0.5) is 0 Å². The van der Waals surface area contributed by atoms with Crippen LogP contribution in [0.15, 0.2) is 97.1 Å². The number of carbonyl (C=O) groups excluding carboxylic acids is 2. The molecule has 290 valence electrons. The second-order valence-corrected chi connectivity index (χ2v) is 17.5. The Kier molecular flexibility index (Phi) is 10.7. The van der Waals surface area contributed by atoms with Crippen molar-refractivity contribution in [2.45, 2.75) is 92.3 Å². The van der Waals surface area contributed by atoms with Crippen LogP contribution in [0.25, 0.3) is 55.4 Å². The van der Waals surface area contributed by atoms with Gasteiger partial charge in [-0.1, -0.05) is 115 Å². The van der Waals surface area contributed by atoms with Gasteiger partial charge in [-0.05, 0) is 109 Å². The van der Waals surface area contributed by atoms with Gasteiger partial charge in [0.2, 0.25) is 0 Å². The summed E-state index contributed by atoms with van der Waals surface area (Å²) in [6, 6.07) is 32.5. The third kappa shape index (κ3) is 7.43. The SMILES string of the molecule is CC(C)[C@@H]1CC[C@@H](C)C[C@H]1OC(=O)c1ccc(-c2c(-c3[nH]c4ccccc4c3-c3ccc(C(=O)O[C@@H]4C[C@H](C)CC[C@H]4C(C)C)cc3)[nH]c3ccccc23)cc1. The summed E-state index contributed by atoms with van der Waals surface area (Å²) in [6.07, 6.45) is 6.32. The van der Waals surface area contributed by atoms with E-state index in [1.807, 2.05) is 60.7 Å². The lowest BCUT2D eigenvalue weighted by Gasteiger charge is -2.36. The number of ether oxygens (including phenoxy) is 2. The van der Waals surface area contributed by atoms with Gasteiger partial charge in [0, 0.05) is 32.9 Å². The Hall–Kier alpha value is -5.10. The number of aromatic nitrogens is 2. The molecule has 6 atom stereocenters. The highest BCUT2D eigenvalue weighted by molar-refractivity contribution is 6.10. The summed E-state index contributed by atoms with van der Waals surface area (Å²) < 4.78 is 12.4. The molecule has 8 rings (SSSR count). The average molecular weight is 749 g/mol. The van der Waals surface area contributed by atoms with Gasteiger partial charge in [0.25, 0.3) is 0 Å². The predicted molar refractivity (Wildman–Crippen MR) is 228 cm³/mol. The van der Waals surface area contributed by atoms with Crippen LogP contribution >= 0.6 is 0 Å². The maximum atomic E-state index is 13.5. The second-order valence-electron chi connectivity index (χ2n) is 17.5. The van der Waals surface area contributed by atoms with Gasteiger partial charge in [0.15, 0.2) is 0 Å². The fourth-order valence-corrected chi connectivity index (χ4v) is 9.72. The molecule has 0 amide bonds. The van der Waals surface area contributed by atoms with Crippen LogP contribution in [-0.4, -0.2) is 34.1 Å². The van der Waals surface area contributed by atoms with Crippen LogP contribution in [0.2, 0.25) is 0 Å². The number of aromatic amines is 2. The molecule has 0 saturated heterocycles. The van der Waals surface area contributed by atoms with E-state index in [4.69, 9.17) is 9.47 Å². The zero-order valence-electron chi connectivity index (χ0n) is 33.7. The maximum absolute atomic E-state index is 13.5. The lowest BCUT2D eigenvalue weighted by atomic mass is 9.75. The lowest BCUT2D eigenvalue weighted by molar-refractivity contribution is -0.0181. The molecule has 0 bridgehead atoms. The first-order valence-electron chi connectivity index (χ1n) is 20.9. The smallest absolute Gasteiger partial charge is 0.338 e. The average Bonchev–Trinajstić information content (AvgIpc) is 3.77. The number of esters is 2. The fraction of sp³-hybridized carbons (Fsp3) is 0.400. The van der Waals surface area contributed by atoms with Crippen LogP contribution in [0.3, 0.4) is 0 Å². The minimum atomic E-state index is -0.251. The zero-order chi connectivity index (χ0) is 39.1. The largest absolute Gasteiger partial charge is 0.458 e. The van der Waals surface area contributed by atoms with Crippen molar-refractivity contribution in [3.05, 3.63) is 108 Å². The van der Waals surface area contributed by atoms with E-state index in [9.17, 15) is 9.59 Å². The number of fused-ring (bicyclic) bond motifs is 2. The van der Waals surface area contributed by atoms with E-state index in [0.717, 1.165) is 81.1 Å². The molecule has 56 heavy (non-hydrogen) atoms. The van der Waals surface area contributed by atoms with Crippen molar-refractivity contribution in [1.82, 2.24) is 9.97 Å². The molecular weight excluding hydrogens is 693 g/mol. The van der Waals surface area contributed by atoms with Gasteiger partial charge in [-0.15, -0.1) is 0 Å². The van der Waals surface area contributed by atoms with Crippen molar-refractivity contribution in [1.29, 1.82) is 0 Å². The number of nitrogens with one attached hydrogen (secondary N) is 2. The van der Waals surface area contributed by atoms with Crippen LogP contribution in [0, 0.1) is 35.5 Å². The minimum absolute atomic E-state index is 0.0516. The molecule has 2 aliphatic carbocycles. The molecule has 6 aromatic rings. The van der Waals surface area contributed by atoms with E-state index in [1.54, 1.807) is 0 Å². The molecule has 4 aromatic carbocycles. The summed E-state index contributed by atoms with van der Waals surface area (Å²) in [5.41, 5.74) is 9.19. The van der Waals surface area contributed by atoms with E-state index in [-0.39, 0.29) is 24.1 Å². The van der Waals surface area contributed by atoms with E-state index in [1.165, 1.54) is 12.8 Å². The summed E-state index contributed by atoms with van der Waals surface area (Å²) in [5, 5.41) is 2.18. The third-order valence-corrected chi connectivity index (χ3v) is 12.9. The van der Waals surface area contributed by atoms with Gasteiger partial charge in [-0.2, -0.15) is 0 Å². The molecule has 0 aliphatic heterocycles. The van der Waals surface area contributed by atoms with Gasteiger partial charge in [-0.3, -0.25) is 0 Å². The number of H-pyrrole nitrogens is 2. The molecule has 2 saturated carbocycles. The number of hydrogen-bond donors (Lipinski definition) is 2. The van der Waals surface area contributed by atoms with Crippen LogP contribution in [-0.2, 0) is 9.47 Å². The second kappa shape index (κ2) is 15.8. The van der Waals surface area contributed by atoms with Crippen molar-refractivity contribution >= 4 is 33.7 Å². The Bertz CT molecular complexity index is 2160. The zero-order valence-corrected chi connectivity index (χ0v) is 33.7. The quantitative estimate of drug-likeness (QED) is 0.144. The molecule has 2 N–H and O–H groups in total. The molecule has 6 nitrogen and oxygen atoms in total. The van der Waals surface area contributed by atoms with Crippen molar-refractivity contribution in [2.24, 2.45) is 35.5 Å². The van der Waals surface area contributed by atoms with Crippen molar-refractivity contribution < 1.29 is 19.1 Å². The van der Waals surface area contributed by atoms with E-state index in [0.29, 0.717) is 46.6 Å². The Morgan fingerprint density at radius 3 is 1.29 bits per heavy atom. The van der Waals surface area contributed by atoms with Crippen LogP contribution in [0.1, 0.15) is 101 Å².